The largest absolute Gasteiger partial charge is 0.439 e. The normalized spacial score (nSPS) is 10.7. The van der Waals surface area contributed by atoms with E-state index in [2.05, 4.69) is 22.2 Å². The maximum absolute atomic E-state index is 13.2. The topological polar surface area (TPSA) is 47.0 Å². The number of ether oxygens (including phenoxy) is 1. The SMILES string of the molecule is CCCCCCCCCCCNc1cc(Oc2cccc(F)c2)ncn1. The summed E-state index contributed by atoms with van der Waals surface area (Å²) < 4.78 is 18.8. The molecule has 0 fully saturated rings. The molecule has 2 aromatic rings. The molecule has 0 radical (unpaired) electrons. The summed E-state index contributed by atoms with van der Waals surface area (Å²) in [6, 6.07) is 7.75. The molecule has 1 heterocycles. The second kappa shape index (κ2) is 12.2. The van der Waals surface area contributed by atoms with Gasteiger partial charge in [0.25, 0.3) is 0 Å². The Morgan fingerprint density at radius 1 is 0.923 bits per heavy atom. The lowest BCUT2D eigenvalue weighted by Crippen LogP contribution is -2.04. The number of anilines is 1. The number of unbranched alkanes of at least 4 members (excludes halogenated alkanes) is 8. The van der Waals surface area contributed by atoms with Crippen molar-refractivity contribution in [1.82, 2.24) is 9.97 Å². The lowest BCUT2D eigenvalue weighted by atomic mass is 10.1. The first-order chi connectivity index (χ1) is 12.8. The molecule has 0 aliphatic heterocycles. The Labute approximate surface area is 156 Å². The number of nitrogens with zero attached hydrogens (tertiary/aromatic N) is 2. The van der Waals surface area contributed by atoms with Crippen LogP contribution in [0.5, 0.6) is 11.6 Å². The zero-order valence-electron chi connectivity index (χ0n) is 15.7. The van der Waals surface area contributed by atoms with E-state index < -0.39 is 0 Å². The van der Waals surface area contributed by atoms with E-state index in [0.29, 0.717) is 11.6 Å². The number of rotatable bonds is 13. The minimum atomic E-state index is -0.333. The van der Waals surface area contributed by atoms with Gasteiger partial charge in [-0.2, -0.15) is 0 Å². The maximum atomic E-state index is 13.2. The molecule has 1 aromatic carbocycles. The molecule has 1 N–H and O–H groups in total. The Balaban J connectivity index is 1.61. The third-order valence-corrected chi connectivity index (χ3v) is 4.25. The number of hydrogen-bond acceptors (Lipinski definition) is 4. The Bertz CT molecular complexity index is 636. The minimum Gasteiger partial charge on any atom is -0.439 e. The first-order valence-corrected chi connectivity index (χ1v) is 9.77. The lowest BCUT2D eigenvalue weighted by Gasteiger charge is -2.08. The van der Waals surface area contributed by atoms with Gasteiger partial charge in [-0.05, 0) is 18.6 Å². The van der Waals surface area contributed by atoms with Gasteiger partial charge in [0.05, 0.1) is 0 Å². The van der Waals surface area contributed by atoms with E-state index in [1.54, 1.807) is 18.2 Å². The highest BCUT2D eigenvalue weighted by Gasteiger charge is 2.02. The van der Waals surface area contributed by atoms with Crippen molar-refractivity contribution in [3.8, 4) is 11.6 Å². The van der Waals surface area contributed by atoms with E-state index in [0.717, 1.165) is 18.8 Å². The van der Waals surface area contributed by atoms with Gasteiger partial charge in [0.15, 0.2) is 0 Å². The molecular formula is C21H30FN3O. The molecule has 142 valence electrons. The highest BCUT2D eigenvalue weighted by atomic mass is 19.1. The summed E-state index contributed by atoms with van der Waals surface area (Å²) in [6.07, 6.45) is 13.2. The van der Waals surface area contributed by atoms with Crippen molar-refractivity contribution in [1.29, 1.82) is 0 Å². The van der Waals surface area contributed by atoms with Crippen LogP contribution in [0.3, 0.4) is 0 Å². The summed E-state index contributed by atoms with van der Waals surface area (Å²) in [5.41, 5.74) is 0. The molecular weight excluding hydrogens is 329 g/mol. The van der Waals surface area contributed by atoms with Gasteiger partial charge < -0.3 is 10.1 Å². The molecule has 0 aliphatic rings. The van der Waals surface area contributed by atoms with Gasteiger partial charge in [0, 0.05) is 18.7 Å². The van der Waals surface area contributed by atoms with Gasteiger partial charge in [-0.15, -0.1) is 0 Å². The van der Waals surface area contributed by atoms with Crippen LogP contribution in [0.4, 0.5) is 10.2 Å². The van der Waals surface area contributed by atoms with Crippen molar-refractivity contribution in [3.63, 3.8) is 0 Å². The number of nitrogens with one attached hydrogen (secondary N) is 1. The van der Waals surface area contributed by atoms with E-state index in [9.17, 15) is 4.39 Å². The van der Waals surface area contributed by atoms with Crippen LogP contribution in [0.25, 0.3) is 0 Å². The van der Waals surface area contributed by atoms with Crippen molar-refractivity contribution in [2.75, 3.05) is 11.9 Å². The summed E-state index contributed by atoms with van der Waals surface area (Å²) >= 11 is 0. The van der Waals surface area contributed by atoms with Gasteiger partial charge >= 0.3 is 0 Å². The molecule has 5 heteroatoms. The van der Waals surface area contributed by atoms with Crippen LogP contribution >= 0.6 is 0 Å². The molecule has 0 unspecified atom stereocenters. The van der Waals surface area contributed by atoms with E-state index in [4.69, 9.17) is 4.74 Å². The predicted octanol–water partition coefficient (Wildman–Crippen LogP) is 6.35. The fourth-order valence-electron chi connectivity index (χ4n) is 2.80. The molecule has 1 aromatic heterocycles. The van der Waals surface area contributed by atoms with E-state index in [1.807, 2.05) is 0 Å². The van der Waals surface area contributed by atoms with Crippen LogP contribution in [-0.2, 0) is 0 Å². The smallest absolute Gasteiger partial charge is 0.224 e. The number of halogens is 1. The first-order valence-electron chi connectivity index (χ1n) is 9.77. The number of aromatic nitrogens is 2. The maximum Gasteiger partial charge on any atom is 0.224 e. The van der Waals surface area contributed by atoms with Crippen LogP contribution in [0.1, 0.15) is 64.7 Å². The second-order valence-electron chi connectivity index (χ2n) is 6.56. The second-order valence-corrected chi connectivity index (χ2v) is 6.56. The predicted molar refractivity (Wildman–Crippen MR) is 104 cm³/mol. The van der Waals surface area contributed by atoms with Crippen molar-refractivity contribution < 1.29 is 9.13 Å². The third kappa shape index (κ3) is 8.28. The van der Waals surface area contributed by atoms with Crippen molar-refractivity contribution in [2.24, 2.45) is 0 Å². The number of hydrogen-bond donors (Lipinski definition) is 1. The van der Waals surface area contributed by atoms with E-state index in [-0.39, 0.29) is 5.82 Å². The van der Waals surface area contributed by atoms with Crippen LogP contribution in [0, 0.1) is 5.82 Å². The van der Waals surface area contributed by atoms with E-state index >= 15 is 0 Å². The average molecular weight is 359 g/mol. The van der Waals surface area contributed by atoms with Gasteiger partial charge in [0.2, 0.25) is 5.88 Å². The molecule has 2 rings (SSSR count). The highest BCUT2D eigenvalue weighted by Crippen LogP contribution is 2.21. The summed E-state index contributed by atoms with van der Waals surface area (Å²) in [7, 11) is 0. The van der Waals surface area contributed by atoms with Gasteiger partial charge in [0.1, 0.15) is 23.7 Å². The van der Waals surface area contributed by atoms with E-state index in [1.165, 1.54) is 69.8 Å². The molecule has 0 saturated carbocycles. The first kappa shape index (κ1) is 20.1. The minimum absolute atomic E-state index is 0.333. The molecule has 0 amide bonds. The third-order valence-electron chi connectivity index (χ3n) is 4.25. The zero-order valence-corrected chi connectivity index (χ0v) is 15.7. The van der Waals surface area contributed by atoms with Crippen molar-refractivity contribution in [3.05, 3.63) is 42.5 Å². The summed E-state index contributed by atoms with van der Waals surface area (Å²) in [5, 5.41) is 3.30. The van der Waals surface area contributed by atoms with Crippen LogP contribution in [0.15, 0.2) is 36.7 Å². The molecule has 4 nitrogen and oxygen atoms in total. The molecule has 0 atom stereocenters. The Kier molecular flexibility index (Phi) is 9.47. The quantitative estimate of drug-likeness (QED) is 0.423. The highest BCUT2D eigenvalue weighted by molar-refractivity contribution is 5.38. The molecule has 0 aliphatic carbocycles. The monoisotopic (exact) mass is 359 g/mol. The fourth-order valence-corrected chi connectivity index (χ4v) is 2.80. The molecule has 0 saturated heterocycles. The number of benzene rings is 1. The lowest BCUT2D eigenvalue weighted by molar-refractivity contribution is 0.457. The molecule has 26 heavy (non-hydrogen) atoms. The van der Waals surface area contributed by atoms with Crippen molar-refractivity contribution in [2.45, 2.75) is 64.7 Å². The van der Waals surface area contributed by atoms with Crippen LogP contribution in [-0.4, -0.2) is 16.5 Å². The average Bonchev–Trinajstić information content (AvgIpc) is 2.64. The van der Waals surface area contributed by atoms with Gasteiger partial charge in [-0.1, -0.05) is 64.4 Å². The van der Waals surface area contributed by atoms with Gasteiger partial charge in [-0.3, -0.25) is 0 Å². The zero-order chi connectivity index (χ0) is 18.5. The van der Waals surface area contributed by atoms with Gasteiger partial charge in [-0.25, -0.2) is 14.4 Å². The summed E-state index contributed by atoms with van der Waals surface area (Å²) in [6.45, 7) is 3.13. The summed E-state index contributed by atoms with van der Waals surface area (Å²) in [5.74, 6) is 1.22. The Hall–Kier alpha value is -2.17. The van der Waals surface area contributed by atoms with Crippen LogP contribution in [0.2, 0.25) is 0 Å². The molecule has 0 bridgehead atoms. The summed E-state index contributed by atoms with van der Waals surface area (Å²) in [4.78, 5) is 8.27. The van der Waals surface area contributed by atoms with Crippen molar-refractivity contribution >= 4 is 5.82 Å². The Morgan fingerprint density at radius 2 is 1.65 bits per heavy atom. The fraction of sp³-hybridized carbons (Fsp3) is 0.524. The Morgan fingerprint density at radius 3 is 2.38 bits per heavy atom. The van der Waals surface area contributed by atoms with Crippen LogP contribution < -0.4 is 10.1 Å². The standard InChI is InChI=1S/C21H30FN3O/c1-2-3-4-5-6-7-8-9-10-14-23-20-16-21(25-17-24-20)26-19-13-11-12-18(22)15-19/h11-13,15-17H,2-10,14H2,1H3,(H,23,24,25). The molecule has 0 spiro atoms.